The van der Waals surface area contributed by atoms with Crippen LogP contribution in [0.25, 0.3) is 0 Å². The van der Waals surface area contributed by atoms with Crippen LogP contribution in [0.4, 0.5) is 0 Å². The average Bonchev–Trinajstić information content (AvgIpc) is 3.05. The first kappa shape index (κ1) is 22.5. The fraction of sp³-hybridized carbons (Fsp3) is 0.958. The Balaban J connectivity index is 1.59. The summed E-state index contributed by atoms with van der Waals surface area (Å²) in [6.45, 7) is 6.77. The van der Waals surface area contributed by atoms with Crippen LogP contribution in [0.1, 0.15) is 78.6 Å². The molecule has 4 rings (SSSR count). The van der Waals surface area contributed by atoms with Crippen molar-refractivity contribution < 1.29 is 25.0 Å². The Morgan fingerprint density at radius 3 is 2.53 bits per heavy atom. The minimum Gasteiger partial charge on any atom is -0.481 e. The normalized spacial score (nSPS) is 51.5. The van der Waals surface area contributed by atoms with Gasteiger partial charge in [-0.1, -0.05) is 20.8 Å². The Bertz CT molecular complexity index is 658. The lowest BCUT2D eigenvalue weighted by Gasteiger charge is -2.63. The third kappa shape index (κ3) is 3.33. The standard InChI is InChI=1S/C24H41NO5/c1-13(4-7-21(28)29)16-5-6-17-22-18(12-20(27)24(16,17)3)23(2)9-8-15(30-25)10-14(23)11-19(22)26/h13-20,22,26-27H,4-12,25H2,1-3H3,(H,28,29)/t13-,14+,15+,16-,17+,18+,19-,20+,22+,23+,24-/m1/s1. The molecule has 0 heterocycles. The summed E-state index contributed by atoms with van der Waals surface area (Å²) in [5.41, 5.74) is -0.116. The second-order valence-electron chi connectivity index (χ2n) is 11.5. The van der Waals surface area contributed by atoms with E-state index in [9.17, 15) is 15.0 Å². The zero-order chi connectivity index (χ0) is 21.8. The van der Waals surface area contributed by atoms with E-state index in [2.05, 4.69) is 20.8 Å². The summed E-state index contributed by atoms with van der Waals surface area (Å²) < 4.78 is 0. The molecule has 0 aromatic carbocycles. The van der Waals surface area contributed by atoms with Crippen LogP contribution in [-0.4, -0.2) is 39.6 Å². The molecule has 0 bridgehead atoms. The molecule has 0 radical (unpaired) electrons. The van der Waals surface area contributed by atoms with Gasteiger partial charge in [0, 0.05) is 6.42 Å². The Hall–Kier alpha value is -0.690. The molecule has 6 nitrogen and oxygen atoms in total. The van der Waals surface area contributed by atoms with Crippen LogP contribution < -0.4 is 5.90 Å². The molecule has 4 aliphatic carbocycles. The highest BCUT2D eigenvalue weighted by atomic mass is 16.6. The number of aliphatic hydroxyl groups excluding tert-OH is 2. The van der Waals surface area contributed by atoms with Crippen molar-refractivity contribution in [3.05, 3.63) is 0 Å². The van der Waals surface area contributed by atoms with E-state index < -0.39 is 12.1 Å². The van der Waals surface area contributed by atoms with Crippen molar-refractivity contribution in [2.24, 2.45) is 52.2 Å². The summed E-state index contributed by atoms with van der Waals surface area (Å²) in [5.74, 6) is 6.58. The molecule has 172 valence electrons. The van der Waals surface area contributed by atoms with Gasteiger partial charge in [0.05, 0.1) is 18.3 Å². The Morgan fingerprint density at radius 2 is 1.87 bits per heavy atom. The van der Waals surface area contributed by atoms with Crippen LogP contribution >= 0.6 is 0 Å². The van der Waals surface area contributed by atoms with E-state index in [1.807, 2.05) is 0 Å². The molecule has 0 amide bonds. The van der Waals surface area contributed by atoms with Gasteiger partial charge in [-0.15, -0.1) is 0 Å². The number of rotatable bonds is 5. The molecule has 4 fully saturated rings. The summed E-state index contributed by atoms with van der Waals surface area (Å²) >= 11 is 0. The number of hydrogen-bond donors (Lipinski definition) is 4. The molecule has 0 saturated heterocycles. The Morgan fingerprint density at radius 1 is 1.13 bits per heavy atom. The van der Waals surface area contributed by atoms with Crippen molar-refractivity contribution in [1.82, 2.24) is 0 Å². The second kappa shape index (κ2) is 8.02. The molecule has 5 N–H and O–H groups in total. The number of fused-ring (bicyclic) bond motifs is 5. The Kier molecular flexibility index (Phi) is 6.02. The van der Waals surface area contributed by atoms with Gasteiger partial charge < -0.3 is 20.2 Å². The monoisotopic (exact) mass is 423 g/mol. The quantitative estimate of drug-likeness (QED) is 0.505. The van der Waals surface area contributed by atoms with Gasteiger partial charge in [-0.2, -0.15) is 0 Å². The van der Waals surface area contributed by atoms with Crippen LogP contribution in [0.15, 0.2) is 0 Å². The number of hydrogen-bond acceptors (Lipinski definition) is 5. The zero-order valence-corrected chi connectivity index (χ0v) is 18.8. The van der Waals surface area contributed by atoms with Crippen molar-refractivity contribution in [3.63, 3.8) is 0 Å². The largest absolute Gasteiger partial charge is 0.481 e. The molecule has 4 saturated carbocycles. The summed E-state index contributed by atoms with van der Waals surface area (Å²) in [6, 6.07) is 0. The number of carboxylic acids is 1. The Labute approximate surface area is 180 Å². The van der Waals surface area contributed by atoms with Gasteiger partial charge in [0.15, 0.2) is 0 Å². The fourth-order valence-electron chi connectivity index (χ4n) is 8.79. The smallest absolute Gasteiger partial charge is 0.303 e. The number of carbonyl (C=O) groups is 1. The van der Waals surface area contributed by atoms with E-state index >= 15 is 0 Å². The van der Waals surface area contributed by atoms with Crippen molar-refractivity contribution in [1.29, 1.82) is 0 Å². The van der Waals surface area contributed by atoms with Gasteiger partial charge >= 0.3 is 5.97 Å². The van der Waals surface area contributed by atoms with Crippen molar-refractivity contribution in [3.8, 4) is 0 Å². The molecule has 11 atom stereocenters. The lowest BCUT2D eigenvalue weighted by molar-refractivity contribution is -0.209. The molecule has 0 aliphatic heterocycles. The van der Waals surface area contributed by atoms with E-state index in [0.717, 1.165) is 44.9 Å². The van der Waals surface area contributed by atoms with Gasteiger partial charge in [-0.05, 0) is 97.7 Å². The third-order valence-electron chi connectivity index (χ3n) is 10.5. The number of aliphatic carboxylic acids is 1. The number of nitrogens with two attached hydrogens (primary N) is 1. The summed E-state index contributed by atoms with van der Waals surface area (Å²) in [7, 11) is 0. The number of aliphatic hydroxyl groups is 2. The molecule has 0 spiro atoms. The molecule has 0 aromatic heterocycles. The van der Waals surface area contributed by atoms with Gasteiger partial charge in [-0.25, -0.2) is 5.90 Å². The number of carboxylic acid groups (broad SMARTS) is 1. The maximum absolute atomic E-state index is 11.5. The van der Waals surface area contributed by atoms with E-state index in [0.29, 0.717) is 30.1 Å². The zero-order valence-electron chi connectivity index (χ0n) is 18.8. The first-order valence-electron chi connectivity index (χ1n) is 12.1. The minimum absolute atomic E-state index is 0.0801. The van der Waals surface area contributed by atoms with Crippen LogP contribution in [0.2, 0.25) is 0 Å². The first-order chi connectivity index (χ1) is 14.1. The highest BCUT2D eigenvalue weighted by Crippen LogP contribution is 2.68. The van der Waals surface area contributed by atoms with Gasteiger partial charge in [0.1, 0.15) is 0 Å². The summed E-state index contributed by atoms with van der Waals surface area (Å²) in [6.07, 6.45) is 6.71. The van der Waals surface area contributed by atoms with Crippen LogP contribution in [-0.2, 0) is 9.63 Å². The highest BCUT2D eigenvalue weighted by molar-refractivity contribution is 5.66. The predicted octanol–water partition coefficient (Wildman–Crippen LogP) is 3.35. The highest BCUT2D eigenvalue weighted by Gasteiger charge is 2.65. The fourth-order valence-corrected chi connectivity index (χ4v) is 8.79. The van der Waals surface area contributed by atoms with E-state index in [1.165, 1.54) is 0 Å². The molecule has 4 aliphatic rings. The maximum Gasteiger partial charge on any atom is 0.303 e. The lowest BCUT2D eigenvalue weighted by atomic mass is 9.43. The third-order valence-corrected chi connectivity index (χ3v) is 10.5. The lowest BCUT2D eigenvalue weighted by Crippen LogP contribution is -2.62. The second-order valence-corrected chi connectivity index (χ2v) is 11.5. The maximum atomic E-state index is 11.5. The molecular formula is C24H41NO5. The van der Waals surface area contributed by atoms with Gasteiger partial charge in [-0.3, -0.25) is 4.79 Å². The van der Waals surface area contributed by atoms with Crippen molar-refractivity contribution in [2.75, 3.05) is 0 Å². The van der Waals surface area contributed by atoms with Crippen LogP contribution in [0.5, 0.6) is 0 Å². The van der Waals surface area contributed by atoms with Gasteiger partial charge in [0.25, 0.3) is 0 Å². The molecular weight excluding hydrogens is 382 g/mol. The van der Waals surface area contributed by atoms with Crippen molar-refractivity contribution >= 4 is 5.97 Å². The minimum atomic E-state index is -0.746. The first-order valence-corrected chi connectivity index (χ1v) is 12.1. The van der Waals surface area contributed by atoms with Gasteiger partial charge in [0.2, 0.25) is 0 Å². The van der Waals surface area contributed by atoms with Crippen LogP contribution in [0, 0.1) is 46.3 Å². The van der Waals surface area contributed by atoms with E-state index in [1.54, 1.807) is 0 Å². The average molecular weight is 424 g/mol. The topological polar surface area (TPSA) is 113 Å². The summed E-state index contributed by atoms with van der Waals surface area (Å²) in [5, 5.41) is 32.0. The predicted molar refractivity (Wildman–Crippen MR) is 113 cm³/mol. The van der Waals surface area contributed by atoms with Crippen LogP contribution in [0.3, 0.4) is 0 Å². The summed E-state index contributed by atoms with van der Waals surface area (Å²) in [4.78, 5) is 16.3. The van der Waals surface area contributed by atoms with E-state index in [4.69, 9.17) is 15.8 Å². The molecule has 0 aromatic rings. The van der Waals surface area contributed by atoms with E-state index in [-0.39, 0.29) is 41.3 Å². The molecule has 30 heavy (non-hydrogen) atoms. The molecule has 6 heteroatoms. The van der Waals surface area contributed by atoms with Crippen molar-refractivity contribution in [2.45, 2.75) is 96.9 Å². The SMILES string of the molecule is C[C@H](CCC(=O)O)[C@H]1CC[C@H]2[C@@H]3[C@H](O)C[C@@H]4C[C@@H](ON)CC[C@]4(C)[C@H]3C[C@H](O)[C@]12C. The molecule has 0 unspecified atom stereocenters.